The largest absolute Gasteiger partial charge is 0.388 e. The third-order valence-electron chi connectivity index (χ3n) is 2.45. The Hall–Kier alpha value is -1.20. The number of rotatable bonds is 9. The van der Waals surface area contributed by atoms with Crippen LogP contribution in [0.5, 0.6) is 0 Å². The Morgan fingerprint density at radius 1 is 1.39 bits per heavy atom. The molecule has 0 unspecified atom stereocenters. The highest BCUT2D eigenvalue weighted by Gasteiger charge is 1.97. The summed E-state index contributed by atoms with van der Waals surface area (Å²) in [4.78, 5) is 4.48. The molecule has 0 atom stereocenters. The maximum atomic E-state index is 5.48. The number of hydrogen-bond acceptors (Lipinski definition) is 4. The molecule has 0 saturated heterocycles. The van der Waals surface area contributed by atoms with E-state index in [2.05, 4.69) is 17.2 Å². The molecule has 0 aliphatic carbocycles. The second kappa shape index (κ2) is 8.83. The van der Waals surface area contributed by atoms with Crippen LogP contribution >= 0.6 is 12.2 Å². The number of nitrogens with two attached hydrogens (primary N) is 1. The van der Waals surface area contributed by atoms with E-state index < -0.39 is 0 Å². The molecule has 0 saturated carbocycles. The van der Waals surface area contributed by atoms with Crippen LogP contribution in [0.4, 0.5) is 5.69 Å². The summed E-state index contributed by atoms with van der Waals surface area (Å²) < 4.78 is 5.47. The minimum atomic E-state index is 0.325. The van der Waals surface area contributed by atoms with Crippen molar-refractivity contribution in [1.82, 2.24) is 4.98 Å². The topological polar surface area (TPSA) is 60.2 Å². The van der Waals surface area contributed by atoms with E-state index in [1.807, 2.05) is 12.1 Å². The van der Waals surface area contributed by atoms with Gasteiger partial charge < -0.3 is 15.8 Å². The lowest BCUT2D eigenvalue weighted by atomic mass is 10.3. The van der Waals surface area contributed by atoms with Crippen LogP contribution in [0.25, 0.3) is 0 Å². The van der Waals surface area contributed by atoms with Crippen LogP contribution in [0.1, 0.15) is 31.9 Å². The lowest BCUT2D eigenvalue weighted by Crippen LogP contribution is -2.12. The van der Waals surface area contributed by atoms with Gasteiger partial charge in [-0.2, -0.15) is 0 Å². The SMILES string of the molecule is CCCCOCCCNc1ccc(C(N)=S)nc1. The molecule has 1 rings (SSSR count). The summed E-state index contributed by atoms with van der Waals surface area (Å²) in [6.45, 7) is 4.70. The van der Waals surface area contributed by atoms with Crippen LogP contribution in [0.2, 0.25) is 0 Å². The van der Waals surface area contributed by atoms with E-state index in [-0.39, 0.29) is 0 Å². The number of aromatic nitrogens is 1. The second-order valence-electron chi connectivity index (χ2n) is 4.04. The Morgan fingerprint density at radius 2 is 2.17 bits per heavy atom. The molecular formula is C13H21N3OS. The number of unbranched alkanes of at least 4 members (excludes halogenated alkanes) is 1. The lowest BCUT2D eigenvalue weighted by Gasteiger charge is -2.07. The van der Waals surface area contributed by atoms with E-state index in [1.54, 1.807) is 6.20 Å². The van der Waals surface area contributed by atoms with E-state index in [1.165, 1.54) is 6.42 Å². The molecule has 1 aromatic heterocycles. The summed E-state index contributed by atoms with van der Waals surface area (Å²) in [7, 11) is 0. The molecule has 0 aliphatic heterocycles. The molecule has 1 aromatic rings. The van der Waals surface area contributed by atoms with Gasteiger partial charge in [-0.25, -0.2) is 0 Å². The van der Waals surface area contributed by atoms with Crippen LogP contribution in [-0.2, 0) is 4.74 Å². The van der Waals surface area contributed by atoms with E-state index in [9.17, 15) is 0 Å². The summed E-state index contributed by atoms with van der Waals surface area (Å²) in [6.07, 6.45) is 5.05. The van der Waals surface area contributed by atoms with Crippen molar-refractivity contribution in [1.29, 1.82) is 0 Å². The third kappa shape index (κ3) is 5.93. The predicted molar refractivity (Wildman–Crippen MR) is 79.0 cm³/mol. The van der Waals surface area contributed by atoms with Gasteiger partial charge in [-0.3, -0.25) is 4.98 Å². The van der Waals surface area contributed by atoms with Gasteiger partial charge in [0.15, 0.2) is 0 Å². The van der Waals surface area contributed by atoms with Crippen molar-refractivity contribution in [2.75, 3.05) is 25.1 Å². The van der Waals surface area contributed by atoms with Gasteiger partial charge in [0.1, 0.15) is 4.99 Å². The fourth-order valence-corrected chi connectivity index (χ4v) is 1.52. The second-order valence-corrected chi connectivity index (χ2v) is 4.48. The molecule has 0 spiro atoms. The Balaban J connectivity index is 2.14. The monoisotopic (exact) mass is 267 g/mol. The van der Waals surface area contributed by atoms with Crippen LogP contribution in [0.3, 0.4) is 0 Å². The number of thiocarbonyl (C=S) groups is 1. The Bertz CT molecular complexity index is 354. The molecule has 18 heavy (non-hydrogen) atoms. The summed E-state index contributed by atoms with van der Waals surface area (Å²) in [5.41, 5.74) is 7.10. The molecule has 0 aliphatic rings. The zero-order chi connectivity index (χ0) is 13.2. The van der Waals surface area contributed by atoms with Crippen LogP contribution in [0.15, 0.2) is 18.3 Å². The quantitative estimate of drug-likeness (QED) is 0.531. The van der Waals surface area contributed by atoms with Crippen molar-refractivity contribution in [2.45, 2.75) is 26.2 Å². The number of nitrogens with zero attached hydrogens (tertiary/aromatic N) is 1. The number of ether oxygens (including phenoxy) is 1. The first kappa shape index (κ1) is 14.9. The van der Waals surface area contributed by atoms with Crippen LogP contribution in [0, 0.1) is 0 Å². The van der Waals surface area contributed by atoms with Crippen molar-refractivity contribution in [2.24, 2.45) is 5.73 Å². The average molecular weight is 267 g/mol. The van der Waals surface area contributed by atoms with Gasteiger partial charge in [0, 0.05) is 19.8 Å². The normalized spacial score (nSPS) is 10.3. The van der Waals surface area contributed by atoms with Gasteiger partial charge in [-0.15, -0.1) is 0 Å². The summed E-state index contributed by atoms with van der Waals surface area (Å²) in [5.74, 6) is 0. The smallest absolute Gasteiger partial charge is 0.122 e. The average Bonchev–Trinajstić information content (AvgIpc) is 2.38. The van der Waals surface area contributed by atoms with Gasteiger partial charge in [0.05, 0.1) is 17.6 Å². The Labute approximate surface area is 114 Å². The molecule has 100 valence electrons. The minimum absolute atomic E-state index is 0.325. The van der Waals surface area contributed by atoms with Gasteiger partial charge in [0.25, 0.3) is 0 Å². The first-order valence-corrected chi connectivity index (χ1v) is 6.72. The zero-order valence-corrected chi connectivity index (χ0v) is 11.6. The van der Waals surface area contributed by atoms with Crippen molar-refractivity contribution in [3.63, 3.8) is 0 Å². The Morgan fingerprint density at radius 3 is 2.78 bits per heavy atom. The van der Waals surface area contributed by atoms with Crippen LogP contribution < -0.4 is 11.1 Å². The molecular weight excluding hydrogens is 246 g/mol. The number of hydrogen-bond donors (Lipinski definition) is 2. The minimum Gasteiger partial charge on any atom is -0.388 e. The first-order chi connectivity index (χ1) is 8.74. The lowest BCUT2D eigenvalue weighted by molar-refractivity contribution is 0.131. The van der Waals surface area contributed by atoms with E-state index >= 15 is 0 Å². The van der Waals surface area contributed by atoms with E-state index in [0.29, 0.717) is 10.7 Å². The molecule has 0 radical (unpaired) electrons. The van der Waals surface area contributed by atoms with Crippen molar-refractivity contribution in [3.8, 4) is 0 Å². The molecule has 1 heterocycles. The first-order valence-electron chi connectivity index (χ1n) is 6.31. The third-order valence-corrected chi connectivity index (χ3v) is 2.66. The molecule has 0 bridgehead atoms. The molecule has 0 amide bonds. The number of anilines is 1. The van der Waals surface area contributed by atoms with Gasteiger partial charge >= 0.3 is 0 Å². The highest BCUT2D eigenvalue weighted by Crippen LogP contribution is 2.06. The fraction of sp³-hybridized carbons (Fsp3) is 0.538. The van der Waals surface area contributed by atoms with E-state index in [0.717, 1.165) is 38.3 Å². The fourth-order valence-electron chi connectivity index (χ4n) is 1.40. The molecule has 5 heteroatoms. The summed E-state index contributed by atoms with van der Waals surface area (Å²) >= 11 is 4.84. The highest BCUT2D eigenvalue weighted by atomic mass is 32.1. The Kier molecular flexibility index (Phi) is 7.29. The van der Waals surface area contributed by atoms with Gasteiger partial charge in [-0.1, -0.05) is 25.6 Å². The summed E-state index contributed by atoms with van der Waals surface area (Å²) in [6, 6.07) is 3.75. The standard InChI is InChI=1S/C13H21N3OS/c1-2-3-8-17-9-4-7-15-11-5-6-12(13(14)18)16-10-11/h5-6,10,15H,2-4,7-9H2,1H3,(H2,14,18). The van der Waals surface area contributed by atoms with E-state index in [4.69, 9.17) is 22.7 Å². The van der Waals surface area contributed by atoms with Gasteiger partial charge in [0.2, 0.25) is 0 Å². The highest BCUT2D eigenvalue weighted by molar-refractivity contribution is 7.80. The predicted octanol–water partition coefficient (Wildman–Crippen LogP) is 2.33. The van der Waals surface area contributed by atoms with Crippen molar-refractivity contribution < 1.29 is 4.74 Å². The molecule has 0 fully saturated rings. The number of pyridine rings is 1. The molecule has 0 aromatic carbocycles. The van der Waals surface area contributed by atoms with Crippen molar-refractivity contribution >= 4 is 22.9 Å². The molecule has 4 nitrogen and oxygen atoms in total. The maximum Gasteiger partial charge on any atom is 0.122 e. The van der Waals surface area contributed by atoms with Gasteiger partial charge in [-0.05, 0) is 25.0 Å². The van der Waals surface area contributed by atoms with Crippen molar-refractivity contribution in [3.05, 3.63) is 24.0 Å². The zero-order valence-electron chi connectivity index (χ0n) is 10.8. The summed E-state index contributed by atoms with van der Waals surface area (Å²) in [5, 5.41) is 3.28. The molecule has 3 N–H and O–H groups in total. The van der Waals surface area contributed by atoms with Crippen LogP contribution in [-0.4, -0.2) is 29.7 Å². The maximum absolute atomic E-state index is 5.48. The number of nitrogens with one attached hydrogen (secondary N) is 1.